The van der Waals surface area contributed by atoms with E-state index in [0.29, 0.717) is 0 Å². The zero-order valence-corrected chi connectivity index (χ0v) is 7.59. The Kier molecular flexibility index (Phi) is 2.60. The summed E-state index contributed by atoms with van der Waals surface area (Å²) in [5.74, 6) is 0. The average Bonchev–Trinajstić information content (AvgIpc) is 2.39. The number of alkyl halides is 1. The lowest BCUT2D eigenvalue weighted by molar-refractivity contribution is 0.386. The molecule has 1 aliphatic rings. The zero-order chi connectivity index (χ0) is 9.10. The molecule has 1 atom stereocenters. The van der Waals surface area contributed by atoms with Gasteiger partial charge in [0, 0.05) is 0 Å². The SMILES string of the molecule is FCC1NCCCc2ccccc21. The molecule has 1 unspecified atom stereocenters. The second-order valence-corrected chi connectivity index (χ2v) is 3.46. The van der Waals surface area contributed by atoms with E-state index in [4.69, 9.17) is 0 Å². The van der Waals surface area contributed by atoms with Gasteiger partial charge in [-0.2, -0.15) is 0 Å². The summed E-state index contributed by atoms with van der Waals surface area (Å²) in [4.78, 5) is 0. The van der Waals surface area contributed by atoms with Crippen LogP contribution in [0.2, 0.25) is 0 Å². The van der Waals surface area contributed by atoms with E-state index in [1.54, 1.807) is 0 Å². The monoisotopic (exact) mass is 179 g/mol. The van der Waals surface area contributed by atoms with E-state index in [1.165, 1.54) is 5.56 Å². The van der Waals surface area contributed by atoms with Gasteiger partial charge in [0.05, 0.1) is 6.04 Å². The molecule has 0 bridgehead atoms. The van der Waals surface area contributed by atoms with Gasteiger partial charge in [-0.1, -0.05) is 24.3 Å². The minimum Gasteiger partial charge on any atom is -0.308 e. The molecular formula is C11H14FN. The van der Waals surface area contributed by atoms with E-state index in [1.807, 2.05) is 18.2 Å². The van der Waals surface area contributed by atoms with Crippen molar-refractivity contribution in [2.45, 2.75) is 18.9 Å². The lowest BCUT2D eigenvalue weighted by Gasteiger charge is -2.14. The Morgan fingerprint density at radius 2 is 2.23 bits per heavy atom. The van der Waals surface area contributed by atoms with Gasteiger partial charge >= 0.3 is 0 Å². The van der Waals surface area contributed by atoms with Gasteiger partial charge in [0.15, 0.2) is 0 Å². The molecule has 0 saturated carbocycles. The van der Waals surface area contributed by atoms with Crippen molar-refractivity contribution in [2.24, 2.45) is 0 Å². The molecule has 1 heterocycles. The topological polar surface area (TPSA) is 12.0 Å². The van der Waals surface area contributed by atoms with Crippen LogP contribution in [0.5, 0.6) is 0 Å². The van der Waals surface area contributed by atoms with Crippen LogP contribution in [0.15, 0.2) is 24.3 Å². The van der Waals surface area contributed by atoms with E-state index in [2.05, 4.69) is 11.4 Å². The van der Waals surface area contributed by atoms with Gasteiger partial charge < -0.3 is 5.32 Å². The van der Waals surface area contributed by atoms with Crippen molar-refractivity contribution in [2.75, 3.05) is 13.2 Å². The van der Waals surface area contributed by atoms with Gasteiger partial charge in [0.25, 0.3) is 0 Å². The van der Waals surface area contributed by atoms with Crippen molar-refractivity contribution in [3.63, 3.8) is 0 Å². The van der Waals surface area contributed by atoms with Crippen molar-refractivity contribution < 1.29 is 4.39 Å². The molecule has 0 aliphatic carbocycles. The maximum atomic E-state index is 12.7. The maximum absolute atomic E-state index is 12.7. The smallest absolute Gasteiger partial charge is 0.109 e. The van der Waals surface area contributed by atoms with E-state index >= 15 is 0 Å². The van der Waals surface area contributed by atoms with Crippen molar-refractivity contribution in [3.05, 3.63) is 35.4 Å². The molecule has 70 valence electrons. The molecule has 2 heteroatoms. The van der Waals surface area contributed by atoms with Crippen molar-refractivity contribution in [3.8, 4) is 0 Å². The molecule has 1 nitrogen and oxygen atoms in total. The summed E-state index contributed by atoms with van der Waals surface area (Å²) in [6.45, 7) is 0.611. The first kappa shape index (κ1) is 8.70. The highest BCUT2D eigenvalue weighted by Crippen LogP contribution is 2.22. The lowest BCUT2D eigenvalue weighted by atomic mass is 10.00. The summed E-state index contributed by atoms with van der Waals surface area (Å²) in [5, 5.41) is 3.21. The molecule has 1 aliphatic heterocycles. The van der Waals surface area contributed by atoms with Crippen LogP contribution in [0.1, 0.15) is 23.6 Å². The quantitative estimate of drug-likeness (QED) is 0.697. The van der Waals surface area contributed by atoms with Gasteiger partial charge in [-0.05, 0) is 30.5 Å². The van der Waals surface area contributed by atoms with Crippen LogP contribution in [0, 0.1) is 0 Å². The first-order valence-corrected chi connectivity index (χ1v) is 4.79. The molecule has 0 fully saturated rings. The molecule has 1 aromatic carbocycles. The minimum absolute atomic E-state index is 0.0845. The summed E-state index contributed by atoms with van der Waals surface area (Å²) < 4.78 is 12.7. The number of nitrogens with one attached hydrogen (secondary N) is 1. The number of hydrogen-bond donors (Lipinski definition) is 1. The third kappa shape index (κ3) is 1.73. The van der Waals surface area contributed by atoms with E-state index in [9.17, 15) is 4.39 Å². The lowest BCUT2D eigenvalue weighted by Crippen LogP contribution is -2.22. The second kappa shape index (κ2) is 3.88. The predicted molar refractivity (Wildman–Crippen MR) is 51.5 cm³/mol. The fourth-order valence-electron chi connectivity index (χ4n) is 1.90. The first-order valence-electron chi connectivity index (χ1n) is 4.79. The molecule has 13 heavy (non-hydrogen) atoms. The molecule has 0 radical (unpaired) electrons. The van der Waals surface area contributed by atoms with Crippen LogP contribution in [0.3, 0.4) is 0 Å². The highest BCUT2D eigenvalue weighted by molar-refractivity contribution is 5.31. The highest BCUT2D eigenvalue weighted by atomic mass is 19.1. The highest BCUT2D eigenvalue weighted by Gasteiger charge is 2.16. The third-order valence-electron chi connectivity index (χ3n) is 2.60. The normalized spacial score (nSPS) is 22.1. The van der Waals surface area contributed by atoms with E-state index < -0.39 is 0 Å². The van der Waals surface area contributed by atoms with Crippen molar-refractivity contribution in [1.82, 2.24) is 5.32 Å². The third-order valence-corrected chi connectivity index (χ3v) is 2.60. The number of rotatable bonds is 1. The number of hydrogen-bond acceptors (Lipinski definition) is 1. The van der Waals surface area contributed by atoms with Gasteiger partial charge in [-0.25, -0.2) is 4.39 Å². The Labute approximate surface area is 78.0 Å². The molecule has 0 spiro atoms. The standard InChI is InChI=1S/C11H14FN/c12-8-11-10-6-2-1-4-9(10)5-3-7-13-11/h1-2,4,6,11,13H,3,5,7-8H2. The molecule has 1 N–H and O–H groups in total. The summed E-state index contributed by atoms with van der Waals surface area (Å²) in [5.41, 5.74) is 2.44. The van der Waals surface area contributed by atoms with Crippen LogP contribution in [0.25, 0.3) is 0 Å². The van der Waals surface area contributed by atoms with Crippen molar-refractivity contribution in [1.29, 1.82) is 0 Å². The van der Waals surface area contributed by atoms with Gasteiger partial charge in [0.2, 0.25) is 0 Å². The number of benzene rings is 1. The van der Waals surface area contributed by atoms with E-state index in [0.717, 1.165) is 24.9 Å². The van der Waals surface area contributed by atoms with Crippen LogP contribution in [0.4, 0.5) is 4.39 Å². The van der Waals surface area contributed by atoms with Crippen LogP contribution < -0.4 is 5.32 Å². The number of aryl methyl sites for hydroxylation is 1. The summed E-state index contributed by atoms with van der Waals surface area (Å²) in [6, 6.07) is 8.05. The van der Waals surface area contributed by atoms with Gasteiger partial charge in [0.1, 0.15) is 6.67 Å². The number of fused-ring (bicyclic) bond motifs is 1. The Morgan fingerprint density at radius 1 is 1.38 bits per heavy atom. The predicted octanol–water partition coefficient (Wildman–Crippen LogP) is 2.23. The number of halogens is 1. The summed E-state index contributed by atoms with van der Waals surface area (Å²) in [7, 11) is 0. The zero-order valence-electron chi connectivity index (χ0n) is 7.59. The fraction of sp³-hybridized carbons (Fsp3) is 0.455. The second-order valence-electron chi connectivity index (χ2n) is 3.46. The Hall–Kier alpha value is -0.890. The Bertz CT molecular complexity index is 285. The molecule has 0 amide bonds. The van der Waals surface area contributed by atoms with Crippen LogP contribution in [-0.4, -0.2) is 13.2 Å². The summed E-state index contributed by atoms with van der Waals surface area (Å²) >= 11 is 0. The molecule has 1 aromatic rings. The molecule has 0 aromatic heterocycles. The first-order chi connectivity index (χ1) is 6.42. The largest absolute Gasteiger partial charge is 0.308 e. The van der Waals surface area contributed by atoms with Crippen LogP contribution >= 0.6 is 0 Å². The van der Waals surface area contributed by atoms with Gasteiger partial charge in [-0.15, -0.1) is 0 Å². The molecule has 2 rings (SSSR count). The van der Waals surface area contributed by atoms with Gasteiger partial charge in [-0.3, -0.25) is 0 Å². The molecular weight excluding hydrogens is 165 g/mol. The van der Waals surface area contributed by atoms with Crippen molar-refractivity contribution >= 4 is 0 Å². The average molecular weight is 179 g/mol. The molecule has 0 saturated heterocycles. The Morgan fingerprint density at radius 3 is 3.08 bits per heavy atom. The minimum atomic E-state index is -0.309. The fourth-order valence-corrected chi connectivity index (χ4v) is 1.90. The van der Waals surface area contributed by atoms with E-state index in [-0.39, 0.29) is 12.7 Å². The van der Waals surface area contributed by atoms with Crippen LogP contribution in [-0.2, 0) is 6.42 Å². The Balaban J connectivity index is 2.35. The summed E-state index contributed by atoms with van der Waals surface area (Å²) in [6.07, 6.45) is 2.17. The maximum Gasteiger partial charge on any atom is 0.109 e.